The Labute approximate surface area is 104 Å². The van der Waals surface area contributed by atoms with E-state index in [1.165, 1.54) is 0 Å². The first-order valence-electron chi connectivity index (χ1n) is 6.79. The first-order chi connectivity index (χ1) is 8.09. The molecule has 0 aromatic carbocycles. The van der Waals surface area contributed by atoms with Crippen LogP contribution in [0.4, 0.5) is 0 Å². The molecule has 0 spiro atoms. The van der Waals surface area contributed by atoms with Crippen molar-refractivity contribution in [2.75, 3.05) is 33.2 Å². The van der Waals surface area contributed by atoms with Gasteiger partial charge in [0.25, 0.3) is 0 Å². The van der Waals surface area contributed by atoms with Gasteiger partial charge in [-0.15, -0.1) is 0 Å². The third kappa shape index (κ3) is 2.33. The van der Waals surface area contributed by atoms with Gasteiger partial charge in [0.1, 0.15) is 0 Å². The van der Waals surface area contributed by atoms with E-state index >= 15 is 0 Å². The SMILES string of the molecule is CC1CN(C)CCCN1C(=O)C1(CN)CCC1. The van der Waals surface area contributed by atoms with Crippen molar-refractivity contribution in [2.24, 2.45) is 11.1 Å². The Balaban J connectivity index is 2.07. The van der Waals surface area contributed by atoms with Crippen LogP contribution in [-0.4, -0.2) is 55.0 Å². The predicted molar refractivity (Wildman–Crippen MR) is 68.6 cm³/mol. The molecule has 2 fully saturated rings. The lowest BCUT2D eigenvalue weighted by molar-refractivity contribution is -0.148. The number of nitrogens with two attached hydrogens (primary N) is 1. The molecule has 0 aromatic heterocycles. The second kappa shape index (κ2) is 4.94. The summed E-state index contributed by atoms with van der Waals surface area (Å²) in [5, 5.41) is 0. The quantitative estimate of drug-likeness (QED) is 0.770. The largest absolute Gasteiger partial charge is 0.338 e. The number of carbonyl (C=O) groups is 1. The van der Waals surface area contributed by atoms with Crippen LogP contribution in [0.1, 0.15) is 32.6 Å². The molecule has 98 valence electrons. The summed E-state index contributed by atoms with van der Waals surface area (Å²) in [6.07, 6.45) is 4.21. The smallest absolute Gasteiger partial charge is 0.230 e. The normalized spacial score (nSPS) is 29.6. The summed E-state index contributed by atoms with van der Waals surface area (Å²) in [5.41, 5.74) is 5.62. The van der Waals surface area contributed by atoms with Crippen LogP contribution in [0.2, 0.25) is 0 Å². The van der Waals surface area contributed by atoms with Crippen molar-refractivity contribution >= 4 is 5.91 Å². The van der Waals surface area contributed by atoms with Crippen LogP contribution in [0.3, 0.4) is 0 Å². The molecule has 1 unspecified atom stereocenters. The highest BCUT2D eigenvalue weighted by atomic mass is 16.2. The maximum Gasteiger partial charge on any atom is 0.230 e. The van der Waals surface area contributed by atoms with Gasteiger partial charge >= 0.3 is 0 Å². The van der Waals surface area contributed by atoms with Crippen molar-refractivity contribution in [3.63, 3.8) is 0 Å². The fourth-order valence-electron chi connectivity index (χ4n) is 3.09. The zero-order valence-corrected chi connectivity index (χ0v) is 11.1. The molecule has 0 aromatic rings. The molecule has 2 rings (SSSR count). The van der Waals surface area contributed by atoms with E-state index in [-0.39, 0.29) is 5.41 Å². The second-order valence-corrected chi connectivity index (χ2v) is 5.80. The summed E-state index contributed by atoms with van der Waals surface area (Å²) in [7, 11) is 2.13. The molecule has 4 heteroatoms. The van der Waals surface area contributed by atoms with Crippen molar-refractivity contribution in [3.05, 3.63) is 0 Å². The minimum absolute atomic E-state index is 0.211. The van der Waals surface area contributed by atoms with Crippen LogP contribution in [0.25, 0.3) is 0 Å². The third-order valence-corrected chi connectivity index (χ3v) is 4.46. The average molecular weight is 239 g/mol. The first-order valence-corrected chi connectivity index (χ1v) is 6.79. The Morgan fingerprint density at radius 3 is 2.59 bits per heavy atom. The summed E-state index contributed by atoms with van der Waals surface area (Å²) in [6, 6.07) is 0.319. The number of amides is 1. The van der Waals surface area contributed by atoms with Crippen LogP contribution in [0, 0.1) is 5.41 Å². The van der Waals surface area contributed by atoms with E-state index in [2.05, 4.69) is 23.8 Å². The number of hydrogen-bond acceptors (Lipinski definition) is 3. The Kier molecular flexibility index (Phi) is 3.73. The van der Waals surface area contributed by atoms with Gasteiger partial charge in [0.2, 0.25) is 5.91 Å². The van der Waals surface area contributed by atoms with Crippen molar-refractivity contribution < 1.29 is 4.79 Å². The van der Waals surface area contributed by atoms with Gasteiger partial charge in [-0.2, -0.15) is 0 Å². The van der Waals surface area contributed by atoms with E-state index in [1.807, 2.05) is 0 Å². The average Bonchev–Trinajstić information content (AvgIpc) is 2.38. The molecular formula is C13H25N3O. The zero-order valence-electron chi connectivity index (χ0n) is 11.1. The molecule has 17 heavy (non-hydrogen) atoms. The maximum atomic E-state index is 12.6. The Morgan fingerprint density at radius 2 is 2.06 bits per heavy atom. The number of hydrogen-bond donors (Lipinski definition) is 1. The van der Waals surface area contributed by atoms with Crippen molar-refractivity contribution in [1.29, 1.82) is 0 Å². The highest BCUT2D eigenvalue weighted by molar-refractivity contribution is 5.84. The monoisotopic (exact) mass is 239 g/mol. The zero-order chi connectivity index (χ0) is 12.5. The van der Waals surface area contributed by atoms with Gasteiger partial charge in [-0.1, -0.05) is 6.42 Å². The second-order valence-electron chi connectivity index (χ2n) is 5.80. The molecular weight excluding hydrogens is 214 g/mol. The van der Waals surface area contributed by atoms with Gasteiger partial charge in [-0.05, 0) is 39.8 Å². The first kappa shape index (κ1) is 12.8. The summed E-state index contributed by atoms with van der Waals surface area (Å²) in [5.74, 6) is 0.314. The topological polar surface area (TPSA) is 49.6 Å². The molecule has 1 aliphatic carbocycles. The van der Waals surface area contributed by atoms with E-state index in [0.717, 1.165) is 45.3 Å². The van der Waals surface area contributed by atoms with Gasteiger partial charge in [0, 0.05) is 25.7 Å². The van der Waals surface area contributed by atoms with Crippen molar-refractivity contribution in [1.82, 2.24) is 9.80 Å². The van der Waals surface area contributed by atoms with Gasteiger partial charge in [-0.3, -0.25) is 4.79 Å². The maximum absolute atomic E-state index is 12.6. The standard InChI is InChI=1S/C13H25N3O/c1-11-9-15(2)7-4-8-16(11)12(17)13(10-14)5-3-6-13/h11H,3-10,14H2,1-2H3. The lowest BCUT2D eigenvalue weighted by atomic mass is 9.67. The third-order valence-electron chi connectivity index (χ3n) is 4.46. The molecule has 0 radical (unpaired) electrons. The highest BCUT2D eigenvalue weighted by Crippen LogP contribution is 2.42. The van der Waals surface area contributed by atoms with Crippen molar-refractivity contribution in [3.8, 4) is 0 Å². The van der Waals surface area contributed by atoms with E-state index in [1.54, 1.807) is 0 Å². The molecule has 2 aliphatic rings. The predicted octanol–water partition coefficient (Wildman–Crippen LogP) is 0.668. The minimum Gasteiger partial charge on any atom is -0.338 e. The molecule has 0 bridgehead atoms. The fraction of sp³-hybridized carbons (Fsp3) is 0.923. The molecule has 1 amide bonds. The van der Waals surface area contributed by atoms with E-state index < -0.39 is 0 Å². The minimum atomic E-state index is -0.211. The number of rotatable bonds is 2. The van der Waals surface area contributed by atoms with Gasteiger partial charge in [0.05, 0.1) is 5.41 Å². The van der Waals surface area contributed by atoms with Crippen LogP contribution in [0.5, 0.6) is 0 Å². The number of nitrogens with zero attached hydrogens (tertiary/aromatic N) is 2. The summed E-state index contributed by atoms with van der Waals surface area (Å²) >= 11 is 0. The van der Waals surface area contributed by atoms with Gasteiger partial charge in [0.15, 0.2) is 0 Å². The Hall–Kier alpha value is -0.610. The van der Waals surface area contributed by atoms with Gasteiger partial charge in [-0.25, -0.2) is 0 Å². The van der Waals surface area contributed by atoms with Crippen LogP contribution in [0.15, 0.2) is 0 Å². The number of likely N-dealkylation sites (N-methyl/N-ethyl adjacent to an activating group) is 1. The Bertz CT molecular complexity index is 283. The molecule has 1 atom stereocenters. The molecule has 1 saturated heterocycles. The fourth-order valence-corrected chi connectivity index (χ4v) is 3.09. The van der Waals surface area contributed by atoms with Crippen LogP contribution >= 0.6 is 0 Å². The molecule has 4 nitrogen and oxygen atoms in total. The highest BCUT2D eigenvalue weighted by Gasteiger charge is 2.46. The molecule has 1 heterocycles. The Morgan fingerprint density at radius 1 is 1.35 bits per heavy atom. The van der Waals surface area contributed by atoms with E-state index in [4.69, 9.17) is 5.73 Å². The summed E-state index contributed by atoms with van der Waals surface area (Å²) in [6.45, 7) is 5.63. The van der Waals surface area contributed by atoms with E-state index in [9.17, 15) is 4.79 Å². The van der Waals surface area contributed by atoms with E-state index in [0.29, 0.717) is 18.5 Å². The molecule has 2 N–H and O–H groups in total. The summed E-state index contributed by atoms with van der Waals surface area (Å²) in [4.78, 5) is 17.0. The van der Waals surface area contributed by atoms with Crippen molar-refractivity contribution in [2.45, 2.75) is 38.6 Å². The lowest BCUT2D eigenvalue weighted by Gasteiger charge is -2.44. The van der Waals surface area contributed by atoms with Gasteiger partial charge < -0.3 is 15.5 Å². The van der Waals surface area contributed by atoms with Crippen LogP contribution in [-0.2, 0) is 4.79 Å². The number of carbonyl (C=O) groups excluding carboxylic acids is 1. The molecule has 1 aliphatic heterocycles. The lowest BCUT2D eigenvalue weighted by Crippen LogP contribution is -2.55. The van der Waals surface area contributed by atoms with Crippen LogP contribution < -0.4 is 5.73 Å². The summed E-state index contributed by atoms with van der Waals surface area (Å²) < 4.78 is 0. The molecule has 1 saturated carbocycles.